The molecule has 4 nitrogen and oxygen atoms in total. The molecule has 0 aliphatic heterocycles. The molecule has 3 N–H and O–H groups in total. The molecule has 0 bridgehead atoms. The van der Waals surface area contributed by atoms with Crippen molar-refractivity contribution in [3.05, 3.63) is 29.8 Å². The average Bonchev–Trinajstić information content (AvgIpc) is 2.35. The first-order valence-electron chi connectivity index (χ1n) is 6.26. The van der Waals surface area contributed by atoms with Crippen LogP contribution in [0.15, 0.2) is 24.3 Å². The topological polar surface area (TPSA) is 69.6 Å². The van der Waals surface area contributed by atoms with Crippen LogP contribution >= 0.6 is 0 Å². The zero-order chi connectivity index (χ0) is 13.6. The van der Waals surface area contributed by atoms with Gasteiger partial charge in [0.2, 0.25) is 0 Å². The van der Waals surface area contributed by atoms with Crippen molar-refractivity contribution >= 4 is 5.97 Å². The minimum atomic E-state index is -0.754. The second-order valence-electron chi connectivity index (χ2n) is 4.57. The maximum Gasteiger partial charge on any atom is 0.310 e. The number of hydrogen-bond acceptors (Lipinski definition) is 3. The Balaban J connectivity index is 2.57. The fraction of sp³-hybridized carbons (Fsp3) is 0.500. The molecule has 4 heteroatoms. The van der Waals surface area contributed by atoms with E-state index in [9.17, 15) is 15.0 Å². The van der Waals surface area contributed by atoms with E-state index in [0.717, 1.165) is 5.56 Å². The highest BCUT2D eigenvalue weighted by atomic mass is 16.4. The summed E-state index contributed by atoms with van der Waals surface area (Å²) in [5, 5.41) is 21.8. The Morgan fingerprint density at radius 2 is 2.00 bits per heavy atom. The molecule has 0 radical (unpaired) electrons. The van der Waals surface area contributed by atoms with Gasteiger partial charge in [0.15, 0.2) is 0 Å². The van der Waals surface area contributed by atoms with Crippen molar-refractivity contribution in [2.24, 2.45) is 5.41 Å². The quantitative estimate of drug-likeness (QED) is 0.696. The van der Waals surface area contributed by atoms with Crippen molar-refractivity contribution in [1.82, 2.24) is 5.32 Å². The molecule has 1 aromatic carbocycles. The first-order valence-corrected chi connectivity index (χ1v) is 6.26. The summed E-state index contributed by atoms with van der Waals surface area (Å²) in [6, 6.07) is 6.96. The summed E-state index contributed by atoms with van der Waals surface area (Å²) in [5.41, 5.74) is 0.248. The molecule has 1 aromatic rings. The molecule has 0 unspecified atom stereocenters. The van der Waals surface area contributed by atoms with Crippen LogP contribution in [0.25, 0.3) is 0 Å². The fourth-order valence-electron chi connectivity index (χ4n) is 1.99. The Morgan fingerprint density at radius 3 is 2.50 bits per heavy atom. The molecule has 0 aliphatic rings. The van der Waals surface area contributed by atoms with Crippen molar-refractivity contribution in [2.45, 2.75) is 33.2 Å². The molecule has 0 spiro atoms. The van der Waals surface area contributed by atoms with Gasteiger partial charge in [-0.25, -0.2) is 0 Å². The number of carbonyl (C=O) groups is 1. The van der Waals surface area contributed by atoms with Gasteiger partial charge in [0, 0.05) is 13.1 Å². The molecule has 0 atom stereocenters. The average molecular weight is 251 g/mol. The summed E-state index contributed by atoms with van der Waals surface area (Å²) < 4.78 is 0. The molecule has 0 amide bonds. The third-order valence-corrected chi connectivity index (χ3v) is 3.51. The summed E-state index contributed by atoms with van der Waals surface area (Å²) in [7, 11) is 0. The molecule has 0 heterocycles. The van der Waals surface area contributed by atoms with Gasteiger partial charge >= 0.3 is 5.97 Å². The molecule has 100 valence electrons. The molecular weight excluding hydrogens is 230 g/mol. The Kier molecular flexibility index (Phi) is 5.16. The van der Waals surface area contributed by atoms with Crippen molar-refractivity contribution in [3.63, 3.8) is 0 Å². The van der Waals surface area contributed by atoms with Crippen LogP contribution in [0.3, 0.4) is 0 Å². The standard InChI is InChI=1S/C14H21NO3/c1-3-14(4-2,13(17)18)10-15-9-11-6-5-7-12(16)8-11/h5-8,15-16H,3-4,9-10H2,1-2H3,(H,17,18). The van der Waals surface area contributed by atoms with E-state index in [0.29, 0.717) is 25.9 Å². The normalized spacial score (nSPS) is 11.4. The number of aromatic hydroxyl groups is 1. The van der Waals surface area contributed by atoms with Gasteiger partial charge in [-0.15, -0.1) is 0 Å². The lowest BCUT2D eigenvalue weighted by Crippen LogP contribution is -2.39. The minimum absolute atomic E-state index is 0.227. The molecule has 0 fully saturated rings. The lowest BCUT2D eigenvalue weighted by molar-refractivity contribution is -0.149. The zero-order valence-corrected chi connectivity index (χ0v) is 10.9. The van der Waals surface area contributed by atoms with Crippen molar-refractivity contribution in [3.8, 4) is 5.75 Å². The van der Waals surface area contributed by atoms with Crippen LogP contribution < -0.4 is 5.32 Å². The number of hydrogen-bond donors (Lipinski definition) is 3. The zero-order valence-electron chi connectivity index (χ0n) is 10.9. The highest BCUT2D eigenvalue weighted by Gasteiger charge is 2.34. The number of phenolic OH excluding ortho intramolecular Hbond substituents is 1. The maximum atomic E-state index is 11.3. The van der Waals surface area contributed by atoms with Crippen LogP contribution in [-0.4, -0.2) is 22.7 Å². The SMILES string of the molecule is CCC(CC)(CNCc1cccc(O)c1)C(=O)O. The number of carboxylic acid groups (broad SMARTS) is 1. The minimum Gasteiger partial charge on any atom is -0.508 e. The molecule has 0 aromatic heterocycles. The number of benzene rings is 1. The summed E-state index contributed by atoms with van der Waals surface area (Å²) >= 11 is 0. The first kappa shape index (κ1) is 14.5. The summed E-state index contributed by atoms with van der Waals surface area (Å²) in [6.07, 6.45) is 1.21. The van der Waals surface area contributed by atoms with Crippen LogP contribution in [0.2, 0.25) is 0 Å². The monoisotopic (exact) mass is 251 g/mol. The highest BCUT2D eigenvalue weighted by Crippen LogP contribution is 2.25. The van der Waals surface area contributed by atoms with Crippen molar-refractivity contribution < 1.29 is 15.0 Å². The number of nitrogens with one attached hydrogen (secondary N) is 1. The van der Waals surface area contributed by atoms with Gasteiger partial charge in [-0.1, -0.05) is 26.0 Å². The highest BCUT2D eigenvalue weighted by molar-refractivity contribution is 5.74. The van der Waals surface area contributed by atoms with Crippen molar-refractivity contribution in [2.75, 3.05) is 6.54 Å². The first-order chi connectivity index (χ1) is 8.54. The van der Waals surface area contributed by atoms with Crippen LogP contribution in [0, 0.1) is 5.41 Å². The summed E-state index contributed by atoms with van der Waals surface area (Å²) in [4.78, 5) is 11.3. The van der Waals surface area contributed by atoms with E-state index in [1.165, 1.54) is 0 Å². The van der Waals surface area contributed by atoms with Crippen molar-refractivity contribution in [1.29, 1.82) is 0 Å². The lowest BCUT2D eigenvalue weighted by atomic mass is 9.82. The largest absolute Gasteiger partial charge is 0.508 e. The van der Waals surface area contributed by atoms with E-state index in [4.69, 9.17) is 0 Å². The molecule has 1 rings (SSSR count). The summed E-state index contributed by atoms with van der Waals surface area (Å²) in [6.45, 7) is 4.79. The van der Waals surface area contributed by atoms with Gasteiger partial charge in [-0.2, -0.15) is 0 Å². The molecular formula is C14H21NO3. The lowest BCUT2D eigenvalue weighted by Gasteiger charge is -2.27. The Morgan fingerprint density at radius 1 is 1.33 bits per heavy atom. The van der Waals surface area contributed by atoms with Gasteiger partial charge in [0.25, 0.3) is 0 Å². The molecule has 18 heavy (non-hydrogen) atoms. The second kappa shape index (κ2) is 6.40. The number of phenols is 1. The third-order valence-electron chi connectivity index (χ3n) is 3.51. The Bertz CT molecular complexity index is 400. The second-order valence-corrected chi connectivity index (χ2v) is 4.57. The smallest absolute Gasteiger partial charge is 0.310 e. The number of rotatable bonds is 7. The van der Waals surface area contributed by atoms with Gasteiger partial charge < -0.3 is 15.5 Å². The maximum absolute atomic E-state index is 11.3. The van der Waals surface area contributed by atoms with E-state index in [-0.39, 0.29) is 5.75 Å². The van der Waals surface area contributed by atoms with Crippen LogP contribution in [0.5, 0.6) is 5.75 Å². The van der Waals surface area contributed by atoms with E-state index in [1.54, 1.807) is 18.2 Å². The van der Waals surface area contributed by atoms with E-state index >= 15 is 0 Å². The molecule has 0 saturated heterocycles. The fourth-order valence-corrected chi connectivity index (χ4v) is 1.99. The van der Waals surface area contributed by atoms with E-state index < -0.39 is 11.4 Å². The van der Waals surface area contributed by atoms with Crippen LogP contribution in [0.1, 0.15) is 32.3 Å². The van der Waals surface area contributed by atoms with Gasteiger partial charge in [0.1, 0.15) is 5.75 Å². The number of carboxylic acids is 1. The molecule has 0 saturated carbocycles. The van der Waals surface area contributed by atoms with Gasteiger partial charge in [-0.3, -0.25) is 4.79 Å². The molecule has 0 aliphatic carbocycles. The van der Waals surface area contributed by atoms with E-state index in [1.807, 2.05) is 19.9 Å². The van der Waals surface area contributed by atoms with Crippen LogP contribution in [-0.2, 0) is 11.3 Å². The Hall–Kier alpha value is -1.55. The predicted molar refractivity (Wildman–Crippen MR) is 70.5 cm³/mol. The third kappa shape index (κ3) is 3.47. The van der Waals surface area contributed by atoms with Gasteiger partial charge in [-0.05, 0) is 30.5 Å². The Labute approximate surface area is 108 Å². The predicted octanol–water partition coefficient (Wildman–Crippen LogP) is 2.37. The van der Waals surface area contributed by atoms with E-state index in [2.05, 4.69) is 5.32 Å². The summed E-state index contributed by atoms with van der Waals surface area (Å²) in [5.74, 6) is -0.527. The van der Waals surface area contributed by atoms with Crippen LogP contribution in [0.4, 0.5) is 0 Å². The van der Waals surface area contributed by atoms with Gasteiger partial charge in [0.05, 0.1) is 5.41 Å². The number of aliphatic carboxylic acids is 1.